The molecule has 2 aromatic carbocycles. The number of rotatable bonds is 19. The van der Waals surface area contributed by atoms with Crippen LogP contribution in [0.2, 0.25) is 0 Å². The molecule has 15 heteroatoms. The first kappa shape index (κ1) is 53.8. The van der Waals surface area contributed by atoms with Crippen LogP contribution in [0.25, 0.3) is 11.4 Å². The average molecular weight is 975 g/mol. The number of aromatic amines is 2. The highest BCUT2D eigenvalue weighted by molar-refractivity contribution is 7.16. The van der Waals surface area contributed by atoms with Crippen LogP contribution in [0.5, 0.6) is 0 Å². The van der Waals surface area contributed by atoms with Crippen molar-refractivity contribution in [2.75, 3.05) is 26.8 Å². The SMILES string of the molecule is CCCCC(=O)c1ccc(C(=O)CN=C(C)c2c(C)[nH]n(-c3ccc(C(C)(C)C)cc3)c2=O)s1.COCCCC(=O)c1ccc(C(=O)CN=C(C)c2c(C)[nH]n(-c3ccc(C(C)(C)C)cc3)c2=O)s1. The van der Waals surface area contributed by atoms with Crippen LogP contribution in [0.1, 0.15) is 167 Å². The highest BCUT2D eigenvalue weighted by Crippen LogP contribution is 2.25. The summed E-state index contributed by atoms with van der Waals surface area (Å²) < 4.78 is 7.98. The van der Waals surface area contributed by atoms with Crippen molar-refractivity contribution in [1.29, 1.82) is 0 Å². The van der Waals surface area contributed by atoms with Gasteiger partial charge in [0.25, 0.3) is 11.1 Å². The topological polar surface area (TPSA) is 178 Å². The first-order chi connectivity index (χ1) is 32.5. The number of H-pyrrole nitrogens is 2. The summed E-state index contributed by atoms with van der Waals surface area (Å²) >= 11 is 2.40. The number of hydrogen-bond donors (Lipinski definition) is 2. The number of benzene rings is 2. The van der Waals surface area contributed by atoms with Crippen LogP contribution in [0.4, 0.5) is 0 Å². The number of unbranched alkanes of at least 4 members (excludes halogenated alkanes) is 1. The molecule has 0 bridgehead atoms. The summed E-state index contributed by atoms with van der Waals surface area (Å²) in [5, 5.41) is 6.24. The maximum Gasteiger partial charge on any atom is 0.280 e. The minimum absolute atomic E-state index is 0.00446. The number of nitrogens with zero attached hydrogens (tertiary/aromatic N) is 4. The van der Waals surface area contributed by atoms with E-state index in [1.54, 1.807) is 45.2 Å². The van der Waals surface area contributed by atoms with Crippen molar-refractivity contribution in [2.45, 2.75) is 119 Å². The third-order valence-corrected chi connectivity index (χ3v) is 13.9. The largest absolute Gasteiger partial charge is 0.385 e. The molecule has 0 saturated carbocycles. The lowest BCUT2D eigenvalue weighted by Gasteiger charge is -2.19. The van der Waals surface area contributed by atoms with Crippen molar-refractivity contribution in [2.24, 2.45) is 9.98 Å². The number of methoxy groups -OCH3 is 1. The summed E-state index contributed by atoms with van der Waals surface area (Å²) in [5.41, 5.74) is 6.80. The van der Waals surface area contributed by atoms with Gasteiger partial charge in [0.2, 0.25) is 0 Å². The second kappa shape index (κ2) is 23.4. The highest BCUT2D eigenvalue weighted by Gasteiger charge is 2.21. The number of thiophene rings is 2. The van der Waals surface area contributed by atoms with E-state index in [1.165, 1.54) is 43.2 Å². The van der Waals surface area contributed by atoms with E-state index in [0.717, 1.165) is 24.2 Å². The summed E-state index contributed by atoms with van der Waals surface area (Å²) in [4.78, 5) is 87.0. The molecule has 0 aliphatic carbocycles. The highest BCUT2D eigenvalue weighted by atomic mass is 32.1. The third-order valence-electron chi connectivity index (χ3n) is 11.6. The molecule has 0 radical (unpaired) electrons. The molecule has 0 aliphatic heterocycles. The minimum Gasteiger partial charge on any atom is -0.385 e. The van der Waals surface area contributed by atoms with Gasteiger partial charge in [0.1, 0.15) is 13.1 Å². The Morgan fingerprint density at radius 2 is 0.913 bits per heavy atom. The van der Waals surface area contributed by atoms with E-state index in [2.05, 4.69) is 61.7 Å². The lowest BCUT2D eigenvalue weighted by Crippen LogP contribution is -2.20. The van der Waals surface area contributed by atoms with Gasteiger partial charge in [0, 0.05) is 49.4 Å². The molecule has 0 fully saturated rings. The van der Waals surface area contributed by atoms with Gasteiger partial charge in [-0.2, -0.15) is 0 Å². The molecule has 6 rings (SSSR count). The fourth-order valence-electron chi connectivity index (χ4n) is 7.46. The first-order valence-electron chi connectivity index (χ1n) is 23.2. The summed E-state index contributed by atoms with van der Waals surface area (Å²) in [6.45, 7) is 22.4. The summed E-state index contributed by atoms with van der Waals surface area (Å²) in [5.74, 6) is -0.267. The average Bonchev–Trinajstić information content (AvgIpc) is 4.12. The lowest BCUT2D eigenvalue weighted by molar-refractivity contribution is 0.0963. The normalized spacial score (nSPS) is 12.2. The second-order valence-corrected chi connectivity index (χ2v) is 21.3. The molecule has 0 spiro atoms. The van der Waals surface area contributed by atoms with E-state index in [1.807, 2.05) is 69.3 Å². The molecule has 2 N–H and O–H groups in total. The number of carbonyl (C=O) groups is 4. The van der Waals surface area contributed by atoms with E-state index in [0.29, 0.717) is 79.3 Å². The van der Waals surface area contributed by atoms with Gasteiger partial charge >= 0.3 is 0 Å². The molecular weight excluding hydrogens is 909 g/mol. The molecule has 366 valence electrons. The van der Waals surface area contributed by atoms with E-state index in [4.69, 9.17) is 4.74 Å². The van der Waals surface area contributed by atoms with E-state index < -0.39 is 0 Å². The molecule has 6 aromatic rings. The van der Waals surface area contributed by atoms with Crippen LogP contribution in [-0.4, -0.2) is 80.9 Å². The summed E-state index contributed by atoms with van der Waals surface area (Å²) in [7, 11) is 1.60. The van der Waals surface area contributed by atoms with Gasteiger partial charge in [-0.25, -0.2) is 9.36 Å². The van der Waals surface area contributed by atoms with E-state index in [9.17, 15) is 28.8 Å². The van der Waals surface area contributed by atoms with Crippen LogP contribution < -0.4 is 11.1 Å². The monoisotopic (exact) mass is 974 g/mol. The second-order valence-electron chi connectivity index (χ2n) is 19.1. The number of aliphatic imine (C=N–C) groups is 2. The minimum atomic E-state index is -0.209. The molecule has 4 aromatic heterocycles. The van der Waals surface area contributed by atoms with Crippen molar-refractivity contribution in [3.8, 4) is 11.4 Å². The Morgan fingerprint density at radius 3 is 1.25 bits per heavy atom. The van der Waals surface area contributed by atoms with Gasteiger partial charge in [-0.15, -0.1) is 22.7 Å². The Hall–Kier alpha value is -6.16. The molecule has 0 unspecified atom stereocenters. The molecule has 0 aliphatic rings. The maximum atomic E-state index is 13.1. The summed E-state index contributed by atoms with van der Waals surface area (Å²) in [6.07, 6.45) is 3.34. The van der Waals surface area contributed by atoms with Gasteiger partial charge in [-0.3, -0.25) is 48.9 Å². The smallest absolute Gasteiger partial charge is 0.280 e. The van der Waals surface area contributed by atoms with E-state index in [-0.39, 0.29) is 58.2 Å². The van der Waals surface area contributed by atoms with Crippen molar-refractivity contribution in [3.05, 3.63) is 147 Å². The van der Waals surface area contributed by atoms with Crippen LogP contribution in [0.15, 0.2) is 92.4 Å². The molecule has 0 atom stereocenters. The predicted molar refractivity (Wildman–Crippen MR) is 280 cm³/mol. The zero-order valence-electron chi connectivity index (χ0n) is 42.0. The molecule has 69 heavy (non-hydrogen) atoms. The lowest BCUT2D eigenvalue weighted by atomic mass is 9.87. The van der Waals surface area contributed by atoms with Crippen LogP contribution in [-0.2, 0) is 15.6 Å². The quantitative estimate of drug-likeness (QED) is 0.0461. The number of ketones is 4. The third kappa shape index (κ3) is 13.8. The fourth-order valence-corrected chi connectivity index (χ4v) is 9.27. The molecule has 0 amide bonds. The number of aryl methyl sites for hydroxylation is 2. The number of carbonyl (C=O) groups excluding carboxylic acids is 4. The van der Waals surface area contributed by atoms with E-state index >= 15 is 0 Å². The van der Waals surface area contributed by atoms with Crippen molar-refractivity contribution >= 4 is 57.2 Å². The predicted octanol–water partition coefficient (Wildman–Crippen LogP) is 11.0. The Labute approximate surface area is 412 Å². The van der Waals surface area contributed by atoms with Crippen LogP contribution in [0, 0.1) is 13.8 Å². The van der Waals surface area contributed by atoms with Gasteiger partial charge in [-0.05, 0) is 111 Å². The van der Waals surface area contributed by atoms with Gasteiger partial charge in [-0.1, -0.05) is 79.2 Å². The number of aromatic nitrogens is 4. The standard InChI is InChI=1S/C27H33N3O4S.C27H33N3O3S/c1-17(28-16-22(32)24-14-13-23(35-24)21(31)8-7-15-34-6)25-18(2)29-30(26(25)33)20-11-9-19(10-12-20)27(3,4)5;1-7-8-9-21(31)23-14-15-24(34-23)22(32)16-28-17(2)25-18(3)29-30(26(25)33)20-12-10-19(11-13-20)27(4,5)6/h9-14,29H,7-8,15-16H2,1-6H3;10-15,29H,7-9,16H2,1-6H3. The Morgan fingerprint density at radius 1 is 0.565 bits per heavy atom. The zero-order chi connectivity index (χ0) is 50.8. The Balaban J connectivity index is 0.000000258. The van der Waals surface area contributed by atoms with Crippen LogP contribution >= 0.6 is 22.7 Å². The van der Waals surface area contributed by atoms with Crippen molar-refractivity contribution in [3.63, 3.8) is 0 Å². The molecule has 13 nitrogen and oxygen atoms in total. The first-order valence-corrected chi connectivity index (χ1v) is 24.9. The van der Waals surface area contributed by atoms with Gasteiger partial charge in [0.15, 0.2) is 23.1 Å². The van der Waals surface area contributed by atoms with Gasteiger partial charge in [0.05, 0.1) is 42.0 Å². The Kier molecular flexibility index (Phi) is 18.3. The Bertz CT molecular complexity index is 2960. The van der Waals surface area contributed by atoms with Crippen LogP contribution in [0.3, 0.4) is 0 Å². The number of hydrogen-bond acceptors (Lipinski definition) is 11. The zero-order valence-corrected chi connectivity index (χ0v) is 43.7. The molecule has 4 heterocycles. The van der Waals surface area contributed by atoms with Crippen molar-refractivity contribution < 1.29 is 23.9 Å². The maximum absolute atomic E-state index is 13.1. The fraction of sp³-hybridized carbons (Fsp3) is 0.407. The number of nitrogens with one attached hydrogen (secondary N) is 2. The molecule has 0 saturated heterocycles. The number of Topliss-reactive ketones (excluding diaryl/α,β-unsaturated/α-hetero) is 4. The summed E-state index contributed by atoms with van der Waals surface area (Å²) in [6, 6.07) is 22.5. The molecular formula is C54H66N6O7S2. The number of ether oxygens (including phenoxy) is 1. The van der Waals surface area contributed by atoms with Gasteiger partial charge < -0.3 is 4.74 Å². The van der Waals surface area contributed by atoms with Crippen molar-refractivity contribution in [1.82, 2.24) is 19.6 Å².